The van der Waals surface area contributed by atoms with Gasteiger partial charge in [0.25, 0.3) is 0 Å². The maximum Gasteiger partial charge on any atom is 0.229 e. The van der Waals surface area contributed by atoms with Crippen molar-refractivity contribution in [2.45, 2.75) is 0 Å². The number of nitrogens with two attached hydrogens (primary N) is 1. The minimum Gasteiger partial charge on any atom is -0.367 e. The summed E-state index contributed by atoms with van der Waals surface area (Å²) in [6, 6.07) is 7.69. The number of halogens is 1. The Labute approximate surface area is 108 Å². The van der Waals surface area contributed by atoms with Gasteiger partial charge >= 0.3 is 0 Å². The largest absolute Gasteiger partial charge is 0.367 e. The molecule has 3 rings (SSSR count). The van der Waals surface area contributed by atoms with Crippen LogP contribution in [0.15, 0.2) is 47.4 Å². The lowest BCUT2D eigenvalue weighted by Gasteiger charge is -2.02. The van der Waals surface area contributed by atoms with E-state index in [2.05, 4.69) is 10.3 Å². The van der Waals surface area contributed by atoms with Crippen molar-refractivity contribution < 1.29 is 4.52 Å². The minimum atomic E-state index is 0.310. The van der Waals surface area contributed by atoms with Gasteiger partial charge in [0.1, 0.15) is 0 Å². The molecule has 2 heterocycles. The molecule has 90 valence electrons. The highest BCUT2D eigenvalue weighted by atomic mass is 35.5. The van der Waals surface area contributed by atoms with Crippen LogP contribution >= 0.6 is 11.6 Å². The first-order chi connectivity index (χ1) is 8.74. The van der Waals surface area contributed by atoms with E-state index in [-0.39, 0.29) is 0 Å². The Kier molecular flexibility index (Phi) is 2.53. The third kappa shape index (κ3) is 1.84. The summed E-state index contributed by atoms with van der Waals surface area (Å²) < 4.78 is 6.53. The van der Waals surface area contributed by atoms with Crippen molar-refractivity contribution in [3.05, 3.63) is 47.9 Å². The Morgan fingerprint density at radius 3 is 2.50 bits per heavy atom. The van der Waals surface area contributed by atoms with Gasteiger partial charge in [0.05, 0.1) is 28.7 Å². The van der Waals surface area contributed by atoms with Crippen molar-refractivity contribution >= 4 is 17.5 Å². The highest BCUT2D eigenvalue weighted by Crippen LogP contribution is 2.26. The lowest BCUT2D eigenvalue weighted by atomic mass is 10.1. The van der Waals surface area contributed by atoms with E-state index in [1.54, 1.807) is 23.3 Å². The quantitative estimate of drug-likeness (QED) is 0.769. The summed E-state index contributed by atoms with van der Waals surface area (Å²) in [6.07, 6.45) is 4.92. The molecule has 0 saturated carbocycles. The highest BCUT2D eigenvalue weighted by Gasteiger charge is 2.07. The maximum atomic E-state index is 5.82. The van der Waals surface area contributed by atoms with Gasteiger partial charge in [-0.1, -0.05) is 28.9 Å². The predicted molar refractivity (Wildman–Crippen MR) is 68.5 cm³/mol. The lowest BCUT2D eigenvalue weighted by molar-refractivity contribution is 0.436. The first-order valence-electron chi connectivity index (χ1n) is 5.25. The molecule has 0 atom stereocenters. The van der Waals surface area contributed by atoms with Crippen molar-refractivity contribution in [2.24, 2.45) is 0 Å². The van der Waals surface area contributed by atoms with Crippen LogP contribution in [0.2, 0.25) is 5.02 Å². The Bertz CT molecular complexity index is 671. The second-order valence-corrected chi connectivity index (χ2v) is 4.19. The van der Waals surface area contributed by atoms with Crippen LogP contribution in [0.25, 0.3) is 16.8 Å². The molecule has 5 nitrogen and oxygen atoms in total. The summed E-state index contributed by atoms with van der Waals surface area (Å²) in [5, 5.41) is 8.37. The van der Waals surface area contributed by atoms with E-state index in [4.69, 9.17) is 21.9 Å². The average Bonchev–Trinajstić information content (AvgIpc) is 2.98. The highest BCUT2D eigenvalue weighted by molar-refractivity contribution is 6.30. The maximum absolute atomic E-state index is 5.82. The zero-order valence-electron chi connectivity index (χ0n) is 9.25. The van der Waals surface area contributed by atoms with Crippen molar-refractivity contribution in [1.82, 2.24) is 14.9 Å². The summed E-state index contributed by atoms with van der Waals surface area (Å²) in [4.78, 5) is 0. The third-order valence-corrected chi connectivity index (χ3v) is 2.79. The van der Waals surface area contributed by atoms with E-state index in [1.807, 2.05) is 24.3 Å². The molecule has 0 amide bonds. The van der Waals surface area contributed by atoms with Crippen molar-refractivity contribution in [2.75, 3.05) is 5.73 Å². The molecule has 0 aliphatic carbocycles. The van der Waals surface area contributed by atoms with Gasteiger partial charge in [-0.15, -0.1) is 0 Å². The molecule has 18 heavy (non-hydrogen) atoms. The minimum absolute atomic E-state index is 0.310. The van der Waals surface area contributed by atoms with Gasteiger partial charge in [0.2, 0.25) is 5.88 Å². The van der Waals surface area contributed by atoms with Crippen LogP contribution in [-0.4, -0.2) is 14.9 Å². The molecule has 2 aromatic heterocycles. The van der Waals surface area contributed by atoms with Crippen LogP contribution in [0.1, 0.15) is 0 Å². The van der Waals surface area contributed by atoms with E-state index >= 15 is 0 Å². The number of aromatic nitrogens is 3. The number of nitrogen functional groups attached to an aromatic ring is 1. The number of benzene rings is 1. The predicted octanol–water partition coefficient (Wildman–Crippen LogP) is 2.76. The zero-order chi connectivity index (χ0) is 12.5. The molecule has 0 saturated heterocycles. The standard InChI is InChI=1S/C12H9ClN4O/c13-9-5-15-17(7-9)10-3-1-8(2-4-10)11-6-16-18-12(11)14/h1-7H,14H2. The Hall–Kier alpha value is -2.27. The number of rotatable bonds is 2. The Morgan fingerprint density at radius 2 is 1.94 bits per heavy atom. The molecule has 1 aromatic carbocycles. The molecule has 0 unspecified atom stereocenters. The van der Waals surface area contributed by atoms with Crippen LogP contribution in [0.3, 0.4) is 0 Å². The topological polar surface area (TPSA) is 69.9 Å². The van der Waals surface area contributed by atoms with Gasteiger partial charge in [-0.3, -0.25) is 0 Å². The lowest BCUT2D eigenvalue weighted by Crippen LogP contribution is -1.93. The molecular formula is C12H9ClN4O. The van der Waals surface area contributed by atoms with Gasteiger partial charge in [-0.05, 0) is 17.7 Å². The zero-order valence-corrected chi connectivity index (χ0v) is 10.0. The van der Waals surface area contributed by atoms with E-state index in [1.165, 1.54) is 0 Å². The summed E-state index contributed by atoms with van der Waals surface area (Å²) in [7, 11) is 0. The molecule has 0 aliphatic heterocycles. The van der Waals surface area contributed by atoms with Crippen LogP contribution < -0.4 is 5.73 Å². The molecular weight excluding hydrogens is 252 g/mol. The summed E-state index contributed by atoms with van der Waals surface area (Å²) in [5.41, 5.74) is 8.30. The van der Waals surface area contributed by atoms with E-state index in [9.17, 15) is 0 Å². The van der Waals surface area contributed by atoms with Crippen molar-refractivity contribution in [1.29, 1.82) is 0 Å². The molecule has 0 bridgehead atoms. The second kappa shape index (κ2) is 4.19. The van der Waals surface area contributed by atoms with E-state index in [0.717, 1.165) is 16.8 Å². The molecule has 0 radical (unpaired) electrons. The van der Waals surface area contributed by atoms with Crippen molar-refractivity contribution in [3.63, 3.8) is 0 Å². The number of hydrogen-bond donors (Lipinski definition) is 1. The smallest absolute Gasteiger partial charge is 0.229 e. The monoisotopic (exact) mass is 260 g/mol. The van der Waals surface area contributed by atoms with Gasteiger partial charge in [0.15, 0.2) is 0 Å². The number of anilines is 1. The van der Waals surface area contributed by atoms with Crippen LogP contribution in [0.4, 0.5) is 5.88 Å². The van der Waals surface area contributed by atoms with Gasteiger partial charge < -0.3 is 10.3 Å². The fourth-order valence-electron chi connectivity index (χ4n) is 1.70. The third-order valence-electron chi connectivity index (χ3n) is 2.59. The van der Waals surface area contributed by atoms with Crippen molar-refractivity contribution in [3.8, 4) is 16.8 Å². The summed E-state index contributed by atoms with van der Waals surface area (Å²) >= 11 is 5.82. The first kappa shape index (κ1) is 10.9. The Morgan fingerprint density at radius 1 is 1.17 bits per heavy atom. The first-order valence-corrected chi connectivity index (χ1v) is 5.63. The summed E-state index contributed by atoms with van der Waals surface area (Å²) in [5.74, 6) is 0.310. The second-order valence-electron chi connectivity index (χ2n) is 3.75. The Balaban J connectivity index is 1.97. The van der Waals surface area contributed by atoms with Gasteiger partial charge in [0, 0.05) is 6.20 Å². The fraction of sp³-hybridized carbons (Fsp3) is 0. The van der Waals surface area contributed by atoms with E-state index < -0.39 is 0 Å². The molecule has 6 heteroatoms. The van der Waals surface area contributed by atoms with E-state index in [0.29, 0.717) is 10.9 Å². The molecule has 3 aromatic rings. The number of hydrogen-bond acceptors (Lipinski definition) is 4. The molecule has 0 spiro atoms. The van der Waals surface area contributed by atoms with Crippen LogP contribution in [0.5, 0.6) is 0 Å². The summed E-state index contributed by atoms with van der Waals surface area (Å²) in [6.45, 7) is 0. The fourth-order valence-corrected chi connectivity index (χ4v) is 1.84. The number of nitrogens with zero attached hydrogens (tertiary/aromatic N) is 3. The molecule has 2 N–H and O–H groups in total. The molecule has 0 fully saturated rings. The SMILES string of the molecule is Nc1oncc1-c1ccc(-n2cc(Cl)cn2)cc1. The normalized spacial score (nSPS) is 10.7. The molecule has 0 aliphatic rings. The van der Waals surface area contributed by atoms with Crippen LogP contribution in [0, 0.1) is 0 Å². The average molecular weight is 261 g/mol. The van der Waals surface area contributed by atoms with Crippen LogP contribution in [-0.2, 0) is 0 Å². The van der Waals surface area contributed by atoms with Gasteiger partial charge in [-0.2, -0.15) is 5.10 Å². The van der Waals surface area contributed by atoms with Gasteiger partial charge in [-0.25, -0.2) is 4.68 Å².